The Balaban J connectivity index is 1.67. The number of carbonyl (C=O) groups is 2. The molecule has 7 nitrogen and oxygen atoms in total. The quantitative estimate of drug-likeness (QED) is 0.653. The lowest BCUT2D eigenvalue weighted by Crippen LogP contribution is -2.65. The van der Waals surface area contributed by atoms with Crippen molar-refractivity contribution in [2.45, 2.75) is 24.4 Å². The fourth-order valence-electron chi connectivity index (χ4n) is 3.72. The van der Waals surface area contributed by atoms with Crippen LogP contribution < -0.4 is 10.6 Å². The highest BCUT2D eigenvalue weighted by molar-refractivity contribution is 6.00. The van der Waals surface area contributed by atoms with E-state index in [-0.39, 0.29) is 18.4 Å². The molecule has 0 radical (unpaired) electrons. The number of nitrogens with zero attached hydrogens (tertiary/aromatic N) is 1. The smallest absolute Gasteiger partial charge is 0.251 e. The molecule has 2 fully saturated rings. The molecule has 2 saturated heterocycles. The van der Waals surface area contributed by atoms with Crippen molar-refractivity contribution >= 4 is 17.5 Å². The molecule has 2 amide bonds. The Morgan fingerprint density at radius 2 is 2.31 bits per heavy atom. The lowest BCUT2D eigenvalue weighted by Gasteiger charge is -2.47. The summed E-state index contributed by atoms with van der Waals surface area (Å²) in [4.78, 5) is 26.2. The molecular formula is C19H25N3O4. The van der Waals surface area contributed by atoms with E-state index in [0.717, 1.165) is 19.4 Å². The van der Waals surface area contributed by atoms with E-state index in [1.807, 2.05) is 0 Å². The number of aliphatic hydroxyl groups excluding tert-OH is 1. The second-order valence-corrected chi connectivity index (χ2v) is 6.84. The molecule has 1 aromatic carbocycles. The van der Waals surface area contributed by atoms with E-state index >= 15 is 0 Å². The topological polar surface area (TPSA) is 90.9 Å². The Morgan fingerprint density at radius 1 is 1.46 bits per heavy atom. The van der Waals surface area contributed by atoms with Crippen molar-refractivity contribution in [3.8, 4) is 0 Å². The van der Waals surface area contributed by atoms with E-state index in [9.17, 15) is 14.7 Å². The van der Waals surface area contributed by atoms with Gasteiger partial charge < -0.3 is 20.5 Å². The molecule has 2 atom stereocenters. The first-order valence-electron chi connectivity index (χ1n) is 8.85. The van der Waals surface area contributed by atoms with Crippen molar-refractivity contribution in [2.24, 2.45) is 0 Å². The van der Waals surface area contributed by atoms with Gasteiger partial charge >= 0.3 is 0 Å². The highest BCUT2D eigenvalue weighted by atomic mass is 16.5. The number of hydrogen-bond acceptors (Lipinski definition) is 5. The van der Waals surface area contributed by atoms with Crippen molar-refractivity contribution < 1.29 is 19.4 Å². The number of fused-ring (bicyclic) bond motifs is 1. The molecule has 0 bridgehead atoms. The van der Waals surface area contributed by atoms with E-state index in [4.69, 9.17) is 4.74 Å². The van der Waals surface area contributed by atoms with Crippen LogP contribution in [-0.4, -0.2) is 66.3 Å². The number of nitrogens with one attached hydrogen (secondary N) is 2. The van der Waals surface area contributed by atoms with Gasteiger partial charge in [0.1, 0.15) is 0 Å². The van der Waals surface area contributed by atoms with Crippen LogP contribution in [-0.2, 0) is 9.53 Å². The number of rotatable bonds is 6. The van der Waals surface area contributed by atoms with Crippen LogP contribution >= 0.6 is 0 Å². The van der Waals surface area contributed by atoms with E-state index < -0.39 is 5.54 Å². The summed E-state index contributed by atoms with van der Waals surface area (Å²) in [5.41, 5.74) is 0.388. The first kappa shape index (κ1) is 18.6. The van der Waals surface area contributed by atoms with Crippen molar-refractivity contribution in [3.63, 3.8) is 0 Å². The molecule has 3 N–H and O–H groups in total. The molecule has 2 aliphatic rings. The van der Waals surface area contributed by atoms with Crippen LogP contribution in [0.1, 0.15) is 23.2 Å². The molecule has 0 unspecified atom stereocenters. The first-order chi connectivity index (χ1) is 12.6. The van der Waals surface area contributed by atoms with E-state index in [0.29, 0.717) is 37.1 Å². The van der Waals surface area contributed by atoms with Crippen LogP contribution in [0.4, 0.5) is 5.69 Å². The SMILES string of the molecule is C=CC(=O)Nc1cccc(C(=O)NC[C@@]2(CO)COC[C@@H]3CCCN32)c1. The van der Waals surface area contributed by atoms with Gasteiger partial charge in [0.15, 0.2) is 0 Å². The van der Waals surface area contributed by atoms with Crippen molar-refractivity contribution in [2.75, 3.05) is 38.2 Å². The zero-order valence-electron chi connectivity index (χ0n) is 14.7. The van der Waals surface area contributed by atoms with Gasteiger partial charge in [-0.2, -0.15) is 0 Å². The summed E-state index contributed by atoms with van der Waals surface area (Å²) in [6.07, 6.45) is 3.31. The summed E-state index contributed by atoms with van der Waals surface area (Å²) in [7, 11) is 0. The molecular weight excluding hydrogens is 334 g/mol. The molecule has 0 saturated carbocycles. The van der Waals surface area contributed by atoms with Crippen molar-refractivity contribution in [3.05, 3.63) is 42.5 Å². The molecule has 26 heavy (non-hydrogen) atoms. The average molecular weight is 359 g/mol. The molecule has 7 heteroatoms. The summed E-state index contributed by atoms with van der Waals surface area (Å²) in [5.74, 6) is -0.588. The Hall–Kier alpha value is -2.22. The molecule has 0 aliphatic carbocycles. The number of benzene rings is 1. The molecule has 0 aromatic heterocycles. The molecule has 0 spiro atoms. The van der Waals surface area contributed by atoms with Crippen LogP contribution in [0.15, 0.2) is 36.9 Å². The summed E-state index contributed by atoms with van der Waals surface area (Å²) < 4.78 is 5.69. The lowest BCUT2D eigenvalue weighted by molar-refractivity contribution is -0.111. The molecule has 140 valence electrons. The predicted octanol–water partition coefficient (Wildman–Crippen LogP) is 0.767. The van der Waals surface area contributed by atoms with E-state index in [1.54, 1.807) is 24.3 Å². The van der Waals surface area contributed by atoms with Crippen molar-refractivity contribution in [1.29, 1.82) is 0 Å². The van der Waals surface area contributed by atoms with E-state index in [1.165, 1.54) is 6.08 Å². The Bertz CT molecular complexity index is 693. The maximum absolute atomic E-state index is 12.6. The van der Waals surface area contributed by atoms with Gasteiger partial charge in [-0.25, -0.2) is 0 Å². The Labute approximate surface area is 153 Å². The average Bonchev–Trinajstić information content (AvgIpc) is 3.16. The summed E-state index contributed by atoms with van der Waals surface area (Å²) >= 11 is 0. The fourth-order valence-corrected chi connectivity index (χ4v) is 3.72. The maximum Gasteiger partial charge on any atom is 0.251 e. The summed E-state index contributed by atoms with van der Waals surface area (Å²) in [6, 6.07) is 7.01. The van der Waals surface area contributed by atoms with Crippen LogP contribution in [0.5, 0.6) is 0 Å². The standard InChI is InChI=1S/C19H25N3O4/c1-2-17(24)21-15-6-3-5-14(9-15)18(25)20-11-19(12-23)13-26-10-16-7-4-8-22(16)19/h2-3,5-6,9,16,23H,1,4,7-8,10-13H2,(H,20,25)(H,21,24)/t16-,19+/m0/s1. The third-order valence-electron chi connectivity index (χ3n) is 5.12. The Kier molecular flexibility index (Phi) is 5.70. The minimum atomic E-state index is -0.580. The number of hydrogen-bond donors (Lipinski definition) is 3. The molecule has 3 rings (SSSR count). The fraction of sp³-hybridized carbons (Fsp3) is 0.474. The lowest BCUT2D eigenvalue weighted by atomic mass is 9.96. The second-order valence-electron chi connectivity index (χ2n) is 6.84. The zero-order valence-corrected chi connectivity index (χ0v) is 14.7. The number of amides is 2. The third-order valence-corrected chi connectivity index (χ3v) is 5.12. The maximum atomic E-state index is 12.6. The zero-order chi connectivity index (χ0) is 18.6. The number of morpholine rings is 1. The van der Waals surface area contributed by atoms with Gasteiger partial charge in [0, 0.05) is 23.8 Å². The Morgan fingerprint density at radius 3 is 3.08 bits per heavy atom. The third kappa shape index (κ3) is 3.80. The van der Waals surface area contributed by atoms with Gasteiger partial charge in [0.05, 0.1) is 25.4 Å². The van der Waals surface area contributed by atoms with Gasteiger partial charge in [-0.15, -0.1) is 0 Å². The summed E-state index contributed by atoms with van der Waals surface area (Å²) in [6.45, 7) is 5.63. The van der Waals surface area contributed by atoms with Gasteiger partial charge in [0.25, 0.3) is 5.91 Å². The number of ether oxygens (including phenoxy) is 1. The van der Waals surface area contributed by atoms with Crippen LogP contribution in [0.25, 0.3) is 0 Å². The highest BCUT2D eigenvalue weighted by Gasteiger charge is 2.46. The minimum absolute atomic E-state index is 0.0702. The molecule has 2 aliphatic heterocycles. The van der Waals surface area contributed by atoms with Gasteiger partial charge in [0.2, 0.25) is 5.91 Å². The minimum Gasteiger partial charge on any atom is -0.394 e. The van der Waals surface area contributed by atoms with Gasteiger partial charge in [-0.05, 0) is 43.7 Å². The predicted molar refractivity (Wildman–Crippen MR) is 98.0 cm³/mol. The second kappa shape index (κ2) is 7.99. The number of aliphatic hydroxyl groups is 1. The van der Waals surface area contributed by atoms with E-state index in [2.05, 4.69) is 22.1 Å². The van der Waals surface area contributed by atoms with Crippen LogP contribution in [0, 0.1) is 0 Å². The normalized spacial score (nSPS) is 25.3. The number of carbonyl (C=O) groups excluding carboxylic acids is 2. The monoisotopic (exact) mass is 359 g/mol. The van der Waals surface area contributed by atoms with Crippen LogP contribution in [0.3, 0.4) is 0 Å². The number of anilines is 1. The van der Waals surface area contributed by atoms with Gasteiger partial charge in [-0.1, -0.05) is 12.6 Å². The largest absolute Gasteiger partial charge is 0.394 e. The highest BCUT2D eigenvalue weighted by Crippen LogP contribution is 2.31. The molecule has 1 aromatic rings. The molecule has 2 heterocycles. The first-order valence-corrected chi connectivity index (χ1v) is 8.85. The van der Waals surface area contributed by atoms with Crippen LogP contribution in [0.2, 0.25) is 0 Å². The summed E-state index contributed by atoms with van der Waals surface area (Å²) in [5, 5.41) is 15.6. The van der Waals surface area contributed by atoms with Crippen molar-refractivity contribution in [1.82, 2.24) is 10.2 Å². The van der Waals surface area contributed by atoms with Gasteiger partial charge in [-0.3, -0.25) is 14.5 Å².